The molecule has 0 unspecified atom stereocenters. The fourth-order valence-corrected chi connectivity index (χ4v) is 3.73. The van der Waals surface area contributed by atoms with Crippen molar-refractivity contribution < 1.29 is 10.2 Å². The van der Waals surface area contributed by atoms with E-state index in [-0.39, 0.29) is 18.1 Å². The predicted molar refractivity (Wildman–Crippen MR) is 127 cm³/mol. The van der Waals surface area contributed by atoms with E-state index in [0.717, 1.165) is 25.7 Å². The zero-order valence-corrected chi connectivity index (χ0v) is 19.2. The number of allylic oxidation sites excluding steroid dienone is 13. The van der Waals surface area contributed by atoms with Crippen LogP contribution in [0.25, 0.3) is 0 Å². The van der Waals surface area contributed by atoms with Gasteiger partial charge in [0.25, 0.3) is 0 Å². The Hall–Kier alpha value is -1.90. The quantitative estimate of drug-likeness (QED) is 0.422. The Kier molecular flexibility index (Phi) is 10.9. The summed E-state index contributed by atoms with van der Waals surface area (Å²) in [5.41, 5.74) is 6.34. The van der Waals surface area contributed by atoms with Gasteiger partial charge in [-0.2, -0.15) is 0 Å². The minimum atomic E-state index is -0.217. The Labute approximate surface area is 178 Å². The van der Waals surface area contributed by atoms with Crippen LogP contribution in [0.3, 0.4) is 0 Å². The average molecular weight is 397 g/mol. The lowest BCUT2D eigenvalue weighted by Crippen LogP contribution is -2.28. The van der Waals surface area contributed by atoms with E-state index in [1.807, 2.05) is 12.2 Å². The van der Waals surface area contributed by atoms with E-state index in [2.05, 4.69) is 84.1 Å². The van der Waals surface area contributed by atoms with Crippen LogP contribution in [0.15, 0.2) is 82.5 Å². The number of aliphatic hydroxyl groups is 2. The number of hydrogen-bond donors (Lipinski definition) is 2. The van der Waals surface area contributed by atoms with Crippen LogP contribution in [-0.2, 0) is 0 Å². The van der Waals surface area contributed by atoms with Crippen molar-refractivity contribution in [1.29, 1.82) is 0 Å². The van der Waals surface area contributed by atoms with E-state index in [1.165, 1.54) is 27.9 Å². The van der Waals surface area contributed by atoms with Crippen molar-refractivity contribution in [3.63, 3.8) is 0 Å². The molecule has 1 rings (SSSR count). The van der Waals surface area contributed by atoms with E-state index < -0.39 is 0 Å². The van der Waals surface area contributed by atoms with Crippen LogP contribution in [-0.4, -0.2) is 22.9 Å². The van der Waals surface area contributed by atoms with E-state index in [9.17, 15) is 5.11 Å². The van der Waals surface area contributed by atoms with Crippen LogP contribution >= 0.6 is 0 Å². The zero-order chi connectivity index (χ0) is 21.9. The third-order valence-corrected chi connectivity index (χ3v) is 5.29. The van der Waals surface area contributed by atoms with Crippen LogP contribution in [0.5, 0.6) is 0 Å². The van der Waals surface area contributed by atoms with Crippen molar-refractivity contribution in [3.05, 3.63) is 82.5 Å². The van der Waals surface area contributed by atoms with Gasteiger partial charge in [-0.25, -0.2) is 0 Å². The maximum absolute atomic E-state index is 10.0. The summed E-state index contributed by atoms with van der Waals surface area (Å²) >= 11 is 0. The molecule has 2 heteroatoms. The molecule has 0 fully saturated rings. The number of hydrogen-bond acceptors (Lipinski definition) is 2. The fourth-order valence-electron chi connectivity index (χ4n) is 3.73. The number of rotatable bonds is 9. The minimum absolute atomic E-state index is 0.0188. The molecule has 1 aliphatic carbocycles. The summed E-state index contributed by atoms with van der Waals surface area (Å²) in [4.78, 5) is 0. The molecular weight excluding hydrogens is 356 g/mol. The summed E-state index contributed by atoms with van der Waals surface area (Å²) in [6.45, 7) is 13.1. The SMILES string of the molecule is CC1=C(/C=C/C(C)=C/C=C/C(C)=C/C=C/C=C(\C)CCCO)C(C)(C)C[C@H](O)C1. The second kappa shape index (κ2) is 12.6. The molecule has 0 aromatic rings. The first-order valence-corrected chi connectivity index (χ1v) is 10.7. The maximum atomic E-state index is 10.0. The normalized spacial score (nSPS) is 21.9. The highest BCUT2D eigenvalue weighted by molar-refractivity contribution is 5.37. The van der Waals surface area contributed by atoms with Gasteiger partial charge in [-0.3, -0.25) is 0 Å². The predicted octanol–water partition coefficient (Wildman–Crippen LogP) is 6.76. The Morgan fingerprint density at radius 2 is 1.62 bits per heavy atom. The van der Waals surface area contributed by atoms with Crippen molar-refractivity contribution in [1.82, 2.24) is 0 Å². The Bertz CT molecular complexity index is 736. The molecule has 1 atom stereocenters. The largest absolute Gasteiger partial charge is 0.396 e. The van der Waals surface area contributed by atoms with Crippen molar-refractivity contribution in [2.75, 3.05) is 6.61 Å². The average Bonchev–Trinajstić information content (AvgIpc) is 2.62. The minimum Gasteiger partial charge on any atom is -0.396 e. The zero-order valence-electron chi connectivity index (χ0n) is 19.2. The van der Waals surface area contributed by atoms with Gasteiger partial charge in [0.2, 0.25) is 0 Å². The highest BCUT2D eigenvalue weighted by atomic mass is 16.3. The van der Waals surface area contributed by atoms with Gasteiger partial charge >= 0.3 is 0 Å². The smallest absolute Gasteiger partial charge is 0.0585 e. The molecule has 0 saturated heterocycles. The Balaban J connectivity index is 2.67. The molecular formula is C27H40O2. The van der Waals surface area contributed by atoms with Gasteiger partial charge in [-0.1, -0.05) is 90.8 Å². The molecule has 0 saturated carbocycles. The Morgan fingerprint density at radius 3 is 2.28 bits per heavy atom. The summed E-state index contributed by atoms with van der Waals surface area (Å²) in [5.74, 6) is 0. The van der Waals surface area contributed by atoms with Gasteiger partial charge in [0.05, 0.1) is 6.10 Å². The van der Waals surface area contributed by atoms with E-state index in [1.54, 1.807) is 0 Å². The topological polar surface area (TPSA) is 40.5 Å². The maximum Gasteiger partial charge on any atom is 0.0585 e. The molecule has 160 valence electrons. The van der Waals surface area contributed by atoms with Crippen LogP contribution in [0.4, 0.5) is 0 Å². The molecule has 0 radical (unpaired) electrons. The second-order valence-electron chi connectivity index (χ2n) is 8.88. The summed E-state index contributed by atoms with van der Waals surface area (Å²) in [5, 5.41) is 18.9. The standard InChI is InChI=1S/C27H40O2/c1-21(11-7-8-12-22(2)15-10-18-28)13-9-14-23(3)16-17-26-24(4)19-25(29)20-27(26,5)6/h7-9,11-14,16-17,25,28-29H,10,15,18-20H2,1-6H3/b8-7+,13-9+,17-16+,21-11+,22-12+,23-14+/t25-/m1/s1. The molecule has 0 amide bonds. The van der Waals surface area contributed by atoms with Gasteiger partial charge in [0.1, 0.15) is 0 Å². The van der Waals surface area contributed by atoms with E-state index in [4.69, 9.17) is 5.11 Å². The lowest BCUT2D eigenvalue weighted by Gasteiger charge is -2.35. The second-order valence-corrected chi connectivity index (χ2v) is 8.88. The van der Waals surface area contributed by atoms with Gasteiger partial charge in [0, 0.05) is 6.61 Å². The third kappa shape index (κ3) is 9.92. The molecule has 2 nitrogen and oxygen atoms in total. The van der Waals surface area contributed by atoms with Crippen molar-refractivity contribution in [3.8, 4) is 0 Å². The summed E-state index contributed by atoms with van der Waals surface area (Å²) in [6, 6.07) is 0. The lowest BCUT2D eigenvalue weighted by molar-refractivity contribution is 0.116. The third-order valence-electron chi connectivity index (χ3n) is 5.29. The first kappa shape index (κ1) is 25.1. The molecule has 2 N–H and O–H groups in total. The van der Waals surface area contributed by atoms with E-state index >= 15 is 0 Å². The van der Waals surface area contributed by atoms with Crippen LogP contribution in [0.1, 0.15) is 67.2 Å². The van der Waals surface area contributed by atoms with E-state index in [0.29, 0.717) is 0 Å². The van der Waals surface area contributed by atoms with Crippen LogP contribution < -0.4 is 0 Å². The van der Waals surface area contributed by atoms with Gasteiger partial charge in [-0.05, 0) is 64.4 Å². The van der Waals surface area contributed by atoms with Crippen molar-refractivity contribution in [2.45, 2.75) is 73.3 Å². The van der Waals surface area contributed by atoms with Crippen molar-refractivity contribution >= 4 is 0 Å². The number of aliphatic hydroxyl groups excluding tert-OH is 2. The molecule has 0 heterocycles. The highest BCUT2D eigenvalue weighted by Crippen LogP contribution is 2.41. The monoisotopic (exact) mass is 396 g/mol. The molecule has 0 aliphatic heterocycles. The summed E-state index contributed by atoms with van der Waals surface area (Å²) < 4.78 is 0. The molecule has 0 spiro atoms. The lowest BCUT2D eigenvalue weighted by atomic mass is 9.71. The summed E-state index contributed by atoms with van der Waals surface area (Å²) in [7, 11) is 0. The molecule has 0 bridgehead atoms. The molecule has 0 aromatic heterocycles. The van der Waals surface area contributed by atoms with Crippen molar-refractivity contribution in [2.24, 2.45) is 5.41 Å². The van der Waals surface area contributed by atoms with Crippen LogP contribution in [0.2, 0.25) is 0 Å². The highest BCUT2D eigenvalue weighted by Gasteiger charge is 2.31. The van der Waals surface area contributed by atoms with Gasteiger partial charge in [0.15, 0.2) is 0 Å². The molecule has 0 aromatic carbocycles. The summed E-state index contributed by atoms with van der Waals surface area (Å²) in [6.07, 6.45) is 22.1. The van der Waals surface area contributed by atoms with Crippen LogP contribution in [0, 0.1) is 5.41 Å². The van der Waals surface area contributed by atoms with Gasteiger partial charge in [-0.15, -0.1) is 0 Å². The van der Waals surface area contributed by atoms with Gasteiger partial charge < -0.3 is 10.2 Å². The first-order valence-electron chi connectivity index (χ1n) is 10.7. The molecule has 1 aliphatic rings. The Morgan fingerprint density at radius 1 is 1.00 bits per heavy atom. The molecule has 29 heavy (non-hydrogen) atoms. The first-order chi connectivity index (χ1) is 13.7. The fraction of sp³-hybridized carbons (Fsp3) is 0.481.